The van der Waals surface area contributed by atoms with E-state index in [-0.39, 0.29) is 28.8 Å². The molecule has 0 aliphatic carbocycles. The predicted molar refractivity (Wildman–Crippen MR) is 123 cm³/mol. The van der Waals surface area contributed by atoms with Crippen LogP contribution in [0.2, 0.25) is 0 Å². The van der Waals surface area contributed by atoms with Crippen molar-refractivity contribution < 1.29 is 18.3 Å². The van der Waals surface area contributed by atoms with E-state index >= 15 is 0 Å². The van der Waals surface area contributed by atoms with Gasteiger partial charge in [-0.3, -0.25) is 9.59 Å². The molecule has 1 aliphatic rings. The molecular formula is C25H22F2N4O3. The Morgan fingerprint density at radius 1 is 1.18 bits per heavy atom. The van der Waals surface area contributed by atoms with Crippen LogP contribution in [0.15, 0.2) is 59.5 Å². The number of amides is 1. The van der Waals surface area contributed by atoms with Crippen molar-refractivity contribution in [1.82, 2.24) is 19.4 Å². The summed E-state index contributed by atoms with van der Waals surface area (Å²) in [4.78, 5) is 29.4. The van der Waals surface area contributed by atoms with Crippen molar-refractivity contribution in [3.8, 4) is 16.9 Å². The molecule has 1 amide bonds. The molecular weight excluding hydrogens is 442 g/mol. The van der Waals surface area contributed by atoms with Crippen LogP contribution in [-0.2, 0) is 13.6 Å². The van der Waals surface area contributed by atoms with E-state index in [1.807, 2.05) is 18.2 Å². The maximum Gasteiger partial charge on any atom is 0.387 e. The first-order valence-corrected chi connectivity index (χ1v) is 10.8. The van der Waals surface area contributed by atoms with E-state index in [4.69, 9.17) is 4.98 Å². The summed E-state index contributed by atoms with van der Waals surface area (Å²) in [7, 11) is 1.71. The molecule has 0 spiro atoms. The highest BCUT2D eigenvalue weighted by atomic mass is 19.3. The number of carbonyl (C=O) groups is 1. The smallest absolute Gasteiger partial charge is 0.387 e. The van der Waals surface area contributed by atoms with Crippen LogP contribution in [0.5, 0.6) is 5.75 Å². The Hall–Kier alpha value is -4.01. The van der Waals surface area contributed by atoms with Crippen LogP contribution in [0.3, 0.4) is 0 Å². The summed E-state index contributed by atoms with van der Waals surface area (Å²) < 4.78 is 33.4. The summed E-state index contributed by atoms with van der Waals surface area (Å²) in [5.74, 6) is 0.361. The Balaban J connectivity index is 1.43. The molecule has 9 heteroatoms. The van der Waals surface area contributed by atoms with Gasteiger partial charge in [0.25, 0.3) is 5.91 Å². The van der Waals surface area contributed by atoms with E-state index in [1.165, 1.54) is 22.8 Å². The Bertz CT molecular complexity index is 1480. The number of alkyl halides is 2. The van der Waals surface area contributed by atoms with Gasteiger partial charge in [0.2, 0.25) is 5.56 Å². The molecule has 7 nitrogen and oxygen atoms in total. The van der Waals surface area contributed by atoms with Crippen molar-refractivity contribution in [3.05, 3.63) is 82.0 Å². The van der Waals surface area contributed by atoms with Crippen LogP contribution in [-0.4, -0.2) is 26.6 Å². The van der Waals surface area contributed by atoms with Gasteiger partial charge >= 0.3 is 6.61 Å². The summed E-state index contributed by atoms with van der Waals surface area (Å²) in [5, 5.41) is 2.99. The summed E-state index contributed by atoms with van der Waals surface area (Å²) in [5.41, 5.74) is 4.20. The third-order valence-corrected chi connectivity index (χ3v) is 6.20. The standard InChI is InChI=1S/C25H22F2N4O3/c1-14-17(4-3-5-21(14)34-25(26)27)24(33)29-19-10-11-31-20-12-15(6-8-18(20)28-23(19)31)16-7-9-22(32)30(2)13-16/h3-9,12-13,19,25H,10-11H2,1-2H3,(H,29,33)/t19-/m1/s1. The molecule has 1 N–H and O–H groups in total. The molecule has 0 fully saturated rings. The summed E-state index contributed by atoms with van der Waals surface area (Å²) >= 11 is 0. The van der Waals surface area contributed by atoms with Crippen LogP contribution in [0.4, 0.5) is 8.78 Å². The van der Waals surface area contributed by atoms with Crippen molar-refractivity contribution in [2.45, 2.75) is 32.5 Å². The number of aryl methyl sites for hydroxylation is 2. The summed E-state index contributed by atoms with van der Waals surface area (Å²) in [6.45, 7) is -0.698. The second kappa shape index (κ2) is 8.40. The van der Waals surface area contributed by atoms with Gasteiger partial charge in [-0.05, 0) is 54.8 Å². The fourth-order valence-electron chi connectivity index (χ4n) is 4.43. The second-order valence-electron chi connectivity index (χ2n) is 8.31. The Labute approximate surface area is 193 Å². The van der Waals surface area contributed by atoms with Crippen LogP contribution >= 0.6 is 0 Å². The Kier molecular flexibility index (Phi) is 5.39. The minimum Gasteiger partial charge on any atom is -0.435 e. The molecule has 34 heavy (non-hydrogen) atoms. The Morgan fingerprint density at radius 2 is 1.97 bits per heavy atom. The van der Waals surface area contributed by atoms with Crippen molar-refractivity contribution in [2.24, 2.45) is 7.05 Å². The number of rotatable bonds is 5. The van der Waals surface area contributed by atoms with E-state index in [0.29, 0.717) is 18.5 Å². The molecule has 1 atom stereocenters. The molecule has 4 aromatic rings. The number of pyridine rings is 1. The van der Waals surface area contributed by atoms with E-state index in [0.717, 1.165) is 28.0 Å². The maximum absolute atomic E-state index is 13.0. The molecule has 0 unspecified atom stereocenters. The van der Waals surface area contributed by atoms with Gasteiger partial charge in [-0.15, -0.1) is 0 Å². The fourth-order valence-corrected chi connectivity index (χ4v) is 4.43. The van der Waals surface area contributed by atoms with Gasteiger partial charge < -0.3 is 19.2 Å². The quantitative estimate of drug-likeness (QED) is 0.481. The third-order valence-electron chi connectivity index (χ3n) is 6.20. The number of halogens is 2. The van der Waals surface area contributed by atoms with E-state index in [1.54, 1.807) is 32.3 Å². The Morgan fingerprint density at radius 3 is 2.74 bits per heavy atom. The van der Waals surface area contributed by atoms with Gasteiger partial charge in [0.1, 0.15) is 11.6 Å². The average Bonchev–Trinajstić information content (AvgIpc) is 3.36. The molecule has 3 heterocycles. The first-order chi connectivity index (χ1) is 16.3. The van der Waals surface area contributed by atoms with Crippen molar-refractivity contribution in [2.75, 3.05) is 0 Å². The van der Waals surface area contributed by atoms with Crippen molar-refractivity contribution >= 4 is 16.9 Å². The number of hydrogen-bond acceptors (Lipinski definition) is 4. The van der Waals surface area contributed by atoms with Crippen LogP contribution in [0, 0.1) is 6.92 Å². The van der Waals surface area contributed by atoms with Gasteiger partial charge in [0.15, 0.2) is 0 Å². The van der Waals surface area contributed by atoms with Gasteiger partial charge in [0, 0.05) is 37.0 Å². The number of fused-ring (bicyclic) bond motifs is 3. The molecule has 0 radical (unpaired) electrons. The fraction of sp³-hybridized carbons (Fsp3) is 0.240. The van der Waals surface area contributed by atoms with E-state index in [2.05, 4.69) is 14.6 Å². The zero-order valence-electron chi connectivity index (χ0n) is 18.6. The number of hydrogen-bond donors (Lipinski definition) is 1. The lowest BCUT2D eigenvalue weighted by atomic mass is 10.1. The predicted octanol–water partition coefficient (Wildman–Crippen LogP) is 4.19. The monoisotopic (exact) mass is 464 g/mol. The first kappa shape index (κ1) is 21.8. The SMILES string of the molecule is Cc1c(OC(F)F)cccc1C(=O)N[C@@H]1CCn2c1nc1ccc(-c3ccc(=O)n(C)c3)cc12. The minimum absolute atomic E-state index is 0.0211. The highest BCUT2D eigenvalue weighted by Crippen LogP contribution is 2.33. The molecule has 5 rings (SSSR count). The normalized spacial score (nSPS) is 15.0. The molecule has 2 aromatic heterocycles. The lowest BCUT2D eigenvalue weighted by molar-refractivity contribution is -0.0503. The lowest BCUT2D eigenvalue weighted by Gasteiger charge is -2.15. The molecule has 0 bridgehead atoms. The number of nitrogens with zero attached hydrogens (tertiary/aromatic N) is 3. The van der Waals surface area contributed by atoms with Crippen LogP contribution in [0.25, 0.3) is 22.2 Å². The van der Waals surface area contributed by atoms with E-state index in [9.17, 15) is 18.4 Å². The van der Waals surface area contributed by atoms with Crippen LogP contribution < -0.4 is 15.6 Å². The van der Waals surface area contributed by atoms with Crippen molar-refractivity contribution in [3.63, 3.8) is 0 Å². The number of carbonyl (C=O) groups excluding carboxylic acids is 1. The average molecular weight is 464 g/mol. The molecule has 0 saturated carbocycles. The van der Waals surface area contributed by atoms with Gasteiger partial charge in [0.05, 0.1) is 17.1 Å². The molecule has 174 valence electrons. The maximum atomic E-state index is 13.0. The third kappa shape index (κ3) is 3.83. The number of nitrogens with one attached hydrogen (secondary N) is 1. The molecule has 0 saturated heterocycles. The van der Waals surface area contributed by atoms with Crippen LogP contribution in [0.1, 0.15) is 34.2 Å². The first-order valence-electron chi connectivity index (χ1n) is 10.8. The zero-order chi connectivity index (χ0) is 24.0. The van der Waals surface area contributed by atoms with Gasteiger partial charge in [-0.2, -0.15) is 8.78 Å². The summed E-state index contributed by atoms with van der Waals surface area (Å²) in [6, 6.07) is 13.5. The largest absolute Gasteiger partial charge is 0.435 e. The van der Waals surface area contributed by atoms with E-state index < -0.39 is 6.61 Å². The number of benzene rings is 2. The molecule has 2 aromatic carbocycles. The zero-order valence-corrected chi connectivity index (χ0v) is 18.6. The summed E-state index contributed by atoms with van der Waals surface area (Å²) in [6.07, 6.45) is 2.46. The second-order valence-corrected chi connectivity index (χ2v) is 8.31. The number of ether oxygens (including phenoxy) is 1. The molecule has 1 aliphatic heterocycles. The lowest BCUT2D eigenvalue weighted by Crippen LogP contribution is -2.28. The topological polar surface area (TPSA) is 78.2 Å². The van der Waals surface area contributed by atoms with Gasteiger partial charge in [-0.25, -0.2) is 4.98 Å². The highest BCUT2D eigenvalue weighted by molar-refractivity contribution is 5.96. The van der Waals surface area contributed by atoms with Gasteiger partial charge in [-0.1, -0.05) is 12.1 Å². The number of aromatic nitrogens is 3. The van der Waals surface area contributed by atoms with Crippen molar-refractivity contribution in [1.29, 1.82) is 0 Å². The number of imidazole rings is 1. The minimum atomic E-state index is -2.96. The highest BCUT2D eigenvalue weighted by Gasteiger charge is 2.29.